The molecule has 3 aromatic rings. The molecule has 0 spiro atoms. The number of hydrogen-bond acceptors (Lipinski definition) is 5. The maximum Gasteiger partial charge on any atom is 0.248 e. The summed E-state index contributed by atoms with van der Waals surface area (Å²) >= 11 is 12.4. The number of halogens is 2. The van der Waals surface area contributed by atoms with E-state index in [0.717, 1.165) is 5.56 Å². The molecule has 30 heavy (non-hydrogen) atoms. The van der Waals surface area contributed by atoms with Crippen LogP contribution in [0.25, 0.3) is 11.4 Å². The second-order valence-corrected chi connectivity index (χ2v) is 7.57. The van der Waals surface area contributed by atoms with Crippen LogP contribution in [-0.4, -0.2) is 27.3 Å². The Hall–Kier alpha value is -3.03. The number of para-hydroxylation sites is 1. The Morgan fingerprint density at radius 2 is 2.03 bits per heavy atom. The van der Waals surface area contributed by atoms with Gasteiger partial charge in [-0.05, 0) is 38.1 Å². The van der Waals surface area contributed by atoms with Crippen LogP contribution < -0.4 is 15.8 Å². The summed E-state index contributed by atoms with van der Waals surface area (Å²) in [6.45, 7) is 4.16. The standard InChI is InChI=1S/C21H19Cl2N5O2/c1-3-30-16-7-5-4-6-14(16)18-17(19(24)29)11(2)25-21-26-20(27-28(18)21)13-9-8-12(22)10-15(13)23/h4-10,18H,3H2,1-2H3,(H2,24,29)(H,25,26,27). The Morgan fingerprint density at radius 3 is 2.73 bits per heavy atom. The molecule has 1 unspecified atom stereocenters. The van der Waals surface area contributed by atoms with Crippen molar-refractivity contribution >= 4 is 35.1 Å². The zero-order chi connectivity index (χ0) is 21.4. The van der Waals surface area contributed by atoms with Crippen molar-refractivity contribution in [3.05, 3.63) is 69.3 Å². The molecule has 2 aromatic carbocycles. The van der Waals surface area contributed by atoms with E-state index < -0.39 is 11.9 Å². The van der Waals surface area contributed by atoms with Crippen molar-refractivity contribution in [3.63, 3.8) is 0 Å². The number of nitrogens with two attached hydrogens (primary N) is 1. The van der Waals surface area contributed by atoms with E-state index in [0.29, 0.717) is 51.0 Å². The van der Waals surface area contributed by atoms with Crippen molar-refractivity contribution in [2.24, 2.45) is 5.73 Å². The molecule has 1 amide bonds. The molecule has 1 aliphatic heterocycles. The molecule has 0 radical (unpaired) electrons. The molecule has 1 aromatic heterocycles. The summed E-state index contributed by atoms with van der Waals surface area (Å²) in [7, 11) is 0. The number of rotatable bonds is 5. The number of hydrogen-bond donors (Lipinski definition) is 2. The van der Waals surface area contributed by atoms with Gasteiger partial charge >= 0.3 is 0 Å². The van der Waals surface area contributed by atoms with E-state index in [1.807, 2.05) is 31.2 Å². The van der Waals surface area contributed by atoms with Gasteiger partial charge in [0, 0.05) is 21.8 Å². The number of benzene rings is 2. The largest absolute Gasteiger partial charge is 0.494 e. The van der Waals surface area contributed by atoms with Crippen LogP contribution in [0.5, 0.6) is 5.75 Å². The fraction of sp³-hybridized carbons (Fsp3) is 0.190. The number of nitrogens with zero attached hydrogens (tertiary/aromatic N) is 3. The van der Waals surface area contributed by atoms with Crippen LogP contribution in [0.2, 0.25) is 10.0 Å². The zero-order valence-corrected chi connectivity index (χ0v) is 17.8. The molecule has 3 N–H and O–H groups in total. The number of aromatic nitrogens is 3. The number of allylic oxidation sites excluding steroid dienone is 1. The van der Waals surface area contributed by atoms with Crippen LogP contribution in [0, 0.1) is 0 Å². The lowest BCUT2D eigenvalue weighted by molar-refractivity contribution is -0.115. The number of primary amides is 1. The van der Waals surface area contributed by atoms with Gasteiger partial charge in [0.25, 0.3) is 0 Å². The van der Waals surface area contributed by atoms with E-state index in [2.05, 4.69) is 15.4 Å². The zero-order valence-electron chi connectivity index (χ0n) is 16.3. The van der Waals surface area contributed by atoms with E-state index in [4.69, 9.17) is 33.7 Å². The second-order valence-electron chi connectivity index (χ2n) is 6.73. The quantitative estimate of drug-likeness (QED) is 0.608. The van der Waals surface area contributed by atoms with E-state index >= 15 is 0 Å². The fourth-order valence-electron chi connectivity index (χ4n) is 3.54. The molecule has 154 valence electrons. The predicted octanol–water partition coefficient (Wildman–Crippen LogP) is 4.42. The number of amides is 1. The molecule has 9 heteroatoms. The van der Waals surface area contributed by atoms with Gasteiger partial charge in [-0.15, -0.1) is 5.10 Å². The maximum absolute atomic E-state index is 12.4. The molecule has 1 atom stereocenters. The van der Waals surface area contributed by atoms with Gasteiger partial charge < -0.3 is 15.8 Å². The molecule has 0 aliphatic carbocycles. The average Bonchev–Trinajstić information content (AvgIpc) is 3.10. The van der Waals surface area contributed by atoms with Crippen LogP contribution >= 0.6 is 23.2 Å². The molecule has 7 nitrogen and oxygen atoms in total. The van der Waals surface area contributed by atoms with Crippen LogP contribution in [0.1, 0.15) is 25.5 Å². The molecular weight excluding hydrogens is 425 g/mol. The summed E-state index contributed by atoms with van der Waals surface area (Å²) in [5.41, 5.74) is 8.12. The third kappa shape index (κ3) is 3.51. The average molecular weight is 444 g/mol. The summed E-state index contributed by atoms with van der Waals surface area (Å²) in [5.74, 6) is 0.959. The minimum Gasteiger partial charge on any atom is -0.494 e. The fourth-order valence-corrected chi connectivity index (χ4v) is 4.03. The lowest BCUT2D eigenvalue weighted by Crippen LogP contribution is -2.32. The Labute approximate surface area is 183 Å². The Kier molecular flexibility index (Phi) is 5.40. The Bertz CT molecular complexity index is 1170. The molecule has 1 aliphatic rings. The van der Waals surface area contributed by atoms with Gasteiger partial charge in [0.05, 0.1) is 17.2 Å². The van der Waals surface area contributed by atoms with Crippen LogP contribution in [0.4, 0.5) is 5.95 Å². The predicted molar refractivity (Wildman–Crippen MR) is 117 cm³/mol. The molecule has 0 bridgehead atoms. The van der Waals surface area contributed by atoms with Gasteiger partial charge in [0.1, 0.15) is 11.8 Å². The minimum atomic E-state index is -0.603. The summed E-state index contributed by atoms with van der Waals surface area (Å²) < 4.78 is 7.43. The lowest BCUT2D eigenvalue weighted by Gasteiger charge is -2.28. The summed E-state index contributed by atoms with van der Waals surface area (Å²) in [6, 6.07) is 12.0. The van der Waals surface area contributed by atoms with E-state index in [1.54, 1.807) is 29.8 Å². The van der Waals surface area contributed by atoms with Crippen LogP contribution in [0.3, 0.4) is 0 Å². The van der Waals surface area contributed by atoms with Gasteiger partial charge in [0.2, 0.25) is 11.9 Å². The van der Waals surface area contributed by atoms with Gasteiger partial charge in [-0.1, -0.05) is 41.4 Å². The van der Waals surface area contributed by atoms with Gasteiger partial charge in [0.15, 0.2) is 5.82 Å². The first-order chi connectivity index (χ1) is 14.4. The first-order valence-electron chi connectivity index (χ1n) is 9.32. The van der Waals surface area contributed by atoms with Crippen LogP contribution in [0.15, 0.2) is 53.7 Å². The van der Waals surface area contributed by atoms with E-state index in [-0.39, 0.29) is 0 Å². The highest BCUT2D eigenvalue weighted by Crippen LogP contribution is 2.40. The SMILES string of the molecule is CCOc1ccccc1C1C(C(N)=O)=C(C)Nc2nc(-c3ccc(Cl)cc3Cl)nn21. The summed E-state index contributed by atoms with van der Waals surface area (Å²) in [4.78, 5) is 17.0. The first-order valence-corrected chi connectivity index (χ1v) is 10.1. The third-order valence-corrected chi connectivity index (χ3v) is 5.35. The van der Waals surface area contributed by atoms with Crippen molar-refractivity contribution in [3.8, 4) is 17.1 Å². The third-order valence-electron chi connectivity index (χ3n) is 4.80. The van der Waals surface area contributed by atoms with Gasteiger partial charge in [-0.25, -0.2) is 4.68 Å². The molecule has 0 saturated heterocycles. The van der Waals surface area contributed by atoms with Gasteiger partial charge in [-0.2, -0.15) is 4.98 Å². The van der Waals surface area contributed by atoms with Crippen molar-refractivity contribution in [2.75, 3.05) is 11.9 Å². The minimum absolute atomic E-state index is 0.383. The van der Waals surface area contributed by atoms with E-state index in [1.165, 1.54) is 0 Å². The maximum atomic E-state index is 12.4. The number of anilines is 1. The highest BCUT2D eigenvalue weighted by atomic mass is 35.5. The number of fused-ring (bicyclic) bond motifs is 1. The number of ether oxygens (including phenoxy) is 1. The Balaban J connectivity index is 1.91. The van der Waals surface area contributed by atoms with Crippen LogP contribution in [-0.2, 0) is 4.79 Å². The highest BCUT2D eigenvalue weighted by Gasteiger charge is 2.35. The van der Waals surface area contributed by atoms with Crippen molar-refractivity contribution in [1.29, 1.82) is 0 Å². The van der Waals surface area contributed by atoms with E-state index in [9.17, 15) is 4.79 Å². The molecule has 4 rings (SSSR count). The second kappa shape index (κ2) is 8.01. The monoisotopic (exact) mass is 443 g/mol. The number of carbonyl (C=O) groups is 1. The van der Waals surface area contributed by atoms with Crippen molar-refractivity contribution in [2.45, 2.75) is 19.9 Å². The first kappa shape index (κ1) is 20.3. The normalized spacial score (nSPS) is 15.5. The molecular formula is C21H19Cl2N5O2. The topological polar surface area (TPSA) is 95.1 Å². The smallest absolute Gasteiger partial charge is 0.248 e. The molecule has 0 fully saturated rings. The Morgan fingerprint density at radius 1 is 1.27 bits per heavy atom. The van der Waals surface area contributed by atoms with Crippen molar-refractivity contribution < 1.29 is 9.53 Å². The lowest BCUT2D eigenvalue weighted by atomic mass is 9.94. The number of carbonyl (C=O) groups excluding carboxylic acids is 1. The van der Waals surface area contributed by atoms with Gasteiger partial charge in [-0.3, -0.25) is 4.79 Å². The summed E-state index contributed by atoms with van der Waals surface area (Å²) in [6.07, 6.45) is 0. The number of nitrogens with one attached hydrogen (secondary N) is 1. The summed E-state index contributed by atoms with van der Waals surface area (Å²) in [5, 5.41) is 8.72. The molecule has 2 heterocycles. The highest BCUT2D eigenvalue weighted by molar-refractivity contribution is 6.36. The van der Waals surface area contributed by atoms with Crippen molar-refractivity contribution in [1.82, 2.24) is 14.8 Å². The molecule has 0 saturated carbocycles.